The molecule has 0 unspecified atom stereocenters. The summed E-state index contributed by atoms with van der Waals surface area (Å²) in [6, 6.07) is 7.05. The average Bonchev–Trinajstić information content (AvgIpc) is 1.77. The Morgan fingerprint density at radius 1 is 0.917 bits per heavy atom. The second kappa shape index (κ2) is 12.3. The van der Waals surface area contributed by atoms with E-state index in [1.165, 1.54) is 0 Å². The zero-order chi connectivity index (χ0) is 5.98. The van der Waals surface area contributed by atoms with E-state index in [4.69, 9.17) is 5.11 Å². The van der Waals surface area contributed by atoms with Crippen molar-refractivity contribution in [1.29, 1.82) is 0 Å². The minimum absolute atomic E-state index is 0. The molecule has 1 radical (unpaired) electrons. The van der Waals surface area contributed by atoms with E-state index in [1.54, 1.807) is 12.1 Å². The van der Waals surface area contributed by atoms with Crippen molar-refractivity contribution in [3.8, 4) is 5.75 Å². The van der Waals surface area contributed by atoms with Gasteiger partial charge in [0.2, 0.25) is 0 Å². The van der Waals surface area contributed by atoms with Crippen LogP contribution in [0.5, 0.6) is 5.75 Å². The van der Waals surface area contributed by atoms with Gasteiger partial charge in [-0.25, -0.2) is 0 Å². The molecule has 0 saturated carbocycles. The van der Waals surface area contributed by atoms with E-state index in [9.17, 15) is 0 Å². The number of hydrogen-bond acceptors (Lipinski definition) is 1. The van der Waals surface area contributed by atoms with Crippen molar-refractivity contribution in [2.45, 2.75) is 0 Å². The van der Waals surface area contributed by atoms with Gasteiger partial charge in [-0.05, 0) is 46.9 Å². The third-order valence-electron chi connectivity index (χ3n) is 0.827. The van der Waals surface area contributed by atoms with Gasteiger partial charge in [0.1, 0.15) is 5.75 Å². The first-order valence-electron chi connectivity index (χ1n) is 2.23. The Morgan fingerprint density at radius 3 is 1.50 bits per heavy atom. The van der Waals surface area contributed by atoms with Gasteiger partial charge in [0, 0.05) is 3.57 Å². The Kier molecular flexibility index (Phi) is 23.9. The zero-order valence-electron chi connectivity index (χ0n) is 5.77. The van der Waals surface area contributed by atoms with Crippen LogP contribution in [0.1, 0.15) is 0 Å². The Hall–Kier alpha value is 1.33. The Balaban J connectivity index is -0.0000000800. The quantitative estimate of drug-likeness (QED) is 0.354. The van der Waals surface area contributed by atoms with Crippen LogP contribution in [0.25, 0.3) is 0 Å². The van der Waals surface area contributed by atoms with Crippen molar-refractivity contribution >= 4 is 22.6 Å². The van der Waals surface area contributed by atoms with Gasteiger partial charge < -0.3 is 42.3 Å². The average molecular weight is 374 g/mol. The first kappa shape index (κ1) is 23.3. The molecule has 0 saturated heterocycles. The minimum atomic E-state index is 0. The van der Waals surface area contributed by atoms with Crippen LogP contribution in [0.15, 0.2) is 24.3 Å². The molecule has 0 aliphatic heterocycles. The zero-order valence-corrected chi connectivity index (χ0v) is 11.8. The molecule has 6 heteroatoms. The van der Waals surface area contributed by atoms with Gasteiger partial charge in [0.05, 0.1) is 0 Å². The molecule has 0 aromatic heterocycles. The maximum atomic E-state index is 8.75. The molecule has 0 spiro atoms. The summed E-state index contributed by atoms with van der Waals surface area (Å²) in [7, 11) is 0. The summed E-state index contributed by atoms with van der Waals surface area (Å²) in [6.07, 6.45) is 0. The van der Waals surface area contributed by atoms with Crippen molar-refractivity contribution in [3.63, 3.8) is 0 Å². The second-order valence-electron chi connectivity index (χ2n) is 1.48. The maximum Gasteiger partial charge on any atom is 3.00 e. The number of phenolic OH excluding ortho intramolecular Hbond substituents is 1. The first-order valence-corrected chi connectivity index (χ1v) is 3.31. The Bertz CT molecular complexity index is 162. The molecule has 0 amide bonds. The van der Waals surface area contributed by atoms with Crippen LogP contribution in [0, 0.1) is 3.57 Å². The molecule has 0 heterocycles. The van der Waals surface area contributed by atoms with Crippen molar-refractivity contribution in [3.05, 3.63) is 27.8 Å². The molecule has 1 N–H and O–H groups in total. The monoisotopic (exact) mass is 373 g/mol. The molecule has 0 bridgehead atoms. The van der Waals surface area contributed by atoms with Crippen molar-refractivity contribution in [2.24, 2.45) is 0 Å². The van der Waals surface area contributed by atoms with E-state index >= 15 is 0 Å². The van der Waals surface area contributed by atoms with Gasteiger partial charge in [0.25, 0.3) is 0 Å². The van der Waals surface area contributed by atoms with Gasteiger partial charge in [0.15, 0.2) is 0 Å². The fourth-order valence-corrected chi connectivity index (χ4v) is 0.801. The Morgan fingerprint density at radius 2 is 1.25 bits per heavy atom. The predicted molar refractivity (Wildman–Crippen MR) is 40.8 cm³/mol. The number of halogens is 4. The molecule has 67 valence electrons. The third kappa shape index (κ3) is 9.42. The second-order valence-corrected chi connectivity index (χ2v) is 2.72. The number of aromatic hydroxyl groups is 1. The molecule has 1 nitrogen and oxygen atoms in total. The predicted octanol–water partition coefficient (Wildman–Crippen LogP) is -6.99. The van der Waals surface area contributed by atoms with Crippen molar-refractivity contribution in [1.82, 2.24) is 0 Å². The summed E-state index contributed by atoms with van der Waals surface area (Å²) < 4.78 is 1.14. The molecule has 0 atom stereocenters. The summed E-state index contributed by atoms with van der Waals surface area (Å²) in [6.45, 7) is 0. The molecular formula is C6H5Cl3IOTi. The molecule has 1 aromatic rings. The summed E-state index contributed by atoms with van der Waals surface area (Å²) in [4.78, 5) is 0. The van der Waals surface area contributed by atoms with E-state index in [1.807, 2.05) is 12.1 Å². The van der Waals surface area contributed by atoms with Crippen LogP contribution in [-0.4, -0.2) is 5.11 Å². The molecule has 0 aliphatic carbocycles. The van der Waals surface area contributed by atoms with Crippen LogP contribution in [0.4, 0.5) is 0 Å². The topological polar surface area (TPSA) is 20.2 Å². The van der Waals surface area contributed by atoms with Crippen molar-refractivity contribution < 1.29 is 64.0 Å². The smallest absolute Gasteiger partial charge is 1.00 e. The molecular weight excluding hydrogens is 369 g/mol. The van der Waals surface area contributed by atoms with Gasteiger partial charge in [-0.1, -0.05) is 0 Å². The normalized spacial score (nSPS) is 6.08. The maximum absolute atomic E-state index is 8.75. The van der Waals surface area contributed by atoms with Gasteiger partial charge in [-0.2, -0.15) is 0 Å². The van der Waals surface area contributed by atoms with Gasteiger partial charge in [-0.3, -0.25) is 0 Å². The van der Waals surface area contributed by atoms with Crippen molar-refractivity contribution in [2.75, 3.05) is 0 Å². The number of benzene rings is 1. The van der Waals surface area contributed by atoms with Gasteiger partial charge in [-0.15, -0.1) is 0 Å². The molecule has 0 aliphatic rings. The molecule has 0 fully saturated rings. The van der Waals surface area contributed by atoms with Crippen LogP contribution in [-0.2, 0) is 21.7 Å². The van der Waals surface area contributed by atoms with E-state index in [0.29, 0.717) is 5.75 Å². The number of phenols is 1. The SMILES string of the molecule is Oc1ccc(I)cc1.[Cl-].[Cl-].[Cl-].[Ti+3]. The standard InChI is InChI=1S/C6H5IO.3ClH.Ti/c7-5-1-3-6(8)4-2-5;;;;/h1-4,8H;3*1H;/q;;;;+3/p-3. The third-order valence-corrected chi connectivity index (χ3v) is 1.55. The van der Waals surface area contributed by atoms with Crippen LogP contribution < -0.4 is 37.2 Å². The van der Waals surface area contributed by atoms with Crippen LogP contribution >= 0.6 is 22.6 Å². The van der Waals surface area contributed by atoms with Crippen LogP contribution in [0.3, 0.4) is 0 Å². The van der Waals surface area contributed by atoms with Crippen LogP contribution in [0.2, 0.25) is 0 Å². The summed E-state index contributed by atoms with van der Waals surface area (Å²) >= 11 is 2.19. The molecule has 1 rings (SSSR count). The fourth-order valence-electron chi connectivity index (χ4n) is 0.441. The number of rotatable bonds is 0. The van der Waals surface area contributed by atoms with E-state index in [-0.39, 0.29) is 58.9 Å². The fraction of sp³-hybridized carbons (Fsp3) is 0. The summed E-state index contributed by atoms with van der Waals surface area (Å²) in [5.41, 5.74) is 0. The summed E-state index contributed by atoms with van der Waals surface area (Å²) in [5.74, 6) is 0.324. The Labute approximate surface area is 119 Å². The minimum Gasteiger partial charge on any atom is -1.00 e. The number of hydrogen-bond donors (Lipinski definition) is 1. The molecule has 12 heavy (non-hydrogen) atoms. The molecule has 1 aromatic carbocycles. The van der Waals surface area contributed by atoms with E-state index in [2.05, 4.69) is 22.6 Å². The van der Waals surface area contributed by atoms with E-state index < -0.39 is 0 Å². The largest absolute Gasteiger partial charge is 3.00 e. The van der Waals surface area contributed by atoms with E-state index in [0.717, 1.165) is 3.57 Å². The summed E-state index contributed by atoms with van der Waals surface area (Å²) in [5, 5.41) is 8.75. The first-order chi connectivity index (χ1) is 3.79. The van der Waals surface area contributed by atoms with Gasteiger partial charge >= 0.3 is 21.7 Å².